The Morgan fingerprint density at radius 3 is 1.17 bits per heavy atom. The van der Waals surface area contributed by atoms with Crippen molar-refractivity contribution >= 4 is 9.52 Å². The molecule has 0 atom stereocenters. The first-order chi connectivity index (χ1) is 8.41. The fourth-order valence-electron chi connectivity index (χ4n) is 0.680. The molecule has 0 spiro atoms. The van der Waals surface area contributed by atoms with E-state index in [-0.39, 0.29) is 26.2 Å². The summed E-state index contributed by atoms with van der Waals surface area (Å²) in [6.45, 7) is 4.42. The molecular formula is C14H23O2SiZr. The van der Waals surface area contributed by atoms with Crippen LogP contribution in [0.4, 0.5) is 0 Å². The van der Waals surface area contributed by atoms with E-state index >= 15 is 0 Å². The molecule has 0 unspecified atom stereocenters. The van der Waals surface area contributed by atoms with E-state index in [0.717, 1.165) is 36.6 Å². The summed E-state index contributed by atoms with van der Waals surface area (Å²) in [5.74, 6) is 0. The Labute approximate surface area is 134 Å². The maximum absolute atomic E-state index is 8.25. The summed E-state index contributed by atoms with van der Waals surface area (Å²) in [7, 11) is 2.25. The molecule has 0 saturated carbocycles. The van der Waals surface area contributed by atoms with E-state index in [2.05, 4.69) is 37.4 Å². The Hall–Kier alpha value is -0.0200. The van der Waals surface area contributed by atoms with E-state index in [4.69, 9.17) is 10.2 Å². The number of rotatable bonds is 0. The molecule has 18 heavy (non-hydrogen) atoms. The van der Waals surface area contributed by atoms with Gasteiger partial charge in [-0.15, -0.1) is 12.8 Å². The summed E-state index contributed by atoms with van der Waals surface area (Å²) < 4.78 is 0. The van der Waals surface area contributed by atoms with Crippen molar-refractivity contribution in [1.82, 2.24) is 0 Å². The minimum Gasteiger partial charge on any atom is -0.857 e. The minimum absolute atomic E-state index is 0. The van der Waals surface area contributed by atoms with E-state index in [0.29, 0.717) is 0 Å². The minimum atomic E-state index is 0. The van der Waals surface area contributed by atoms with Gasteiger partial charge in [0.15, 0.2) is 0 Å². The Kier molecular flexibility index (Phi) is 53.0. The van der Waals surface area contributed by atoms with Crippen molar-refractivity contribution in [2.75, 3.05) is 14.2 Å². The van der Waals surface area contributed by atoms with Crippen molar-refractivity contribution in [2.45, 2.75) is 25.9 Å². The normalized spacial score (nSPS) is 11.4. The SMILES string of the molecule is C[O-].C[O-].C[SiH]C.[C-]1=CC=CC1.[C-]1=CC=CC1.[Zr+4]. The summed E-state index contributed by atoms with van der Waals surface area (Å²) >= 11 is 0. The standard InChI is InChI=1S/2C5H5.C2H7Si.2CH3O.Zr/c2*1-2-4-5-3-1;1-3-2;2*1-2;/h2*1-3H,4H2;3H,1-2H3;2*1H3;/q2*-1;;2*-1;+4. The molecule has 2 aliphatic rings. The van der Waals surface area contributed by atoms with Crippen molar-refractivity contribution in [1.29, 1.82) is 0 Å². The topological polar surface area (TPSA) is 46.1 Å². The van der Waals surface area contributed by atoms with Gasteiger partial charge in [0.25, 0.3) is 0 Å². The number of hydrogen-bond donors (Lipinski definition) is 0. The average molecular weight is 343 g/mol. The predicted molar refractivity (Wildman–Crippen MR) is 73.9 cm³/mol. The van der Waals surface area contributed by atoms with Crippen LogP contribution in [0.5, 0.6) is 0 Å². The Morgan fingerprint density at radius 2 is 1.11 bits per heavy atom. The van der Waals surface area contributed by atoms with Gasteiger partial charge in [-0.25, -0.2) is 24.3 Å². The fraction of sp³-hybridized carbons (Fsp3) is 0.429. The van der Waals surface area contributed by atoms with Crippen LogP contribution in [-0.4, -0.2) is 23.7 Å². The monoisotopic (exact) mass is 341 g/mol. The zero-order chi connectivity index (χ0) is 13.8. The maximum atomic E-state index is 8.25. The first-order valence-corrected chi connectivity index (χ1v) is 7.71. The molecule has 0 heterocycles. The zero-order valence-electron chi connectivity index (χ0n) is 11.8. The molecule has 0 N–H and O–H groups in total. The first kappa shape index (κ1) is 26.5. The fourth-order valence-corrected chi connectivity index (χ4v) is 0.680. The van der Waals surface area contributed by atoms with Crippen LogP contribution in [0, 0.1) is 12.2 Å². The summed E-state index contributed by atoms with van der Waals surface area (Å²) in [6.07, 6.45) is 20.0. The molecule has 2 aliphatic carbocycles. The number of allylic oxidation sites excluding steroid dienone is 8. The van der Waals surface area contributed by atoms with Gasteiger partial charge in [0.2, 0.25) is 0 Å². The van der Waals surface area contributed by atoms with Gasteiger partial charge in [0.05, 0.1) is 0 Å². The molecule has 2 nitrogen and oxygen atoms in total. The van der Waals surface area contributed by atoms with Gasteiger partial charge >= 0.3 is 26.2 Å². The molecule has 2 rings (SSSR count). The van der Waals surface area contributed by atoms with Crippen molar-refractivity contribution in [3.8, 4) is 0 Å². The van der Waals surface area contributed by atoms with Gasteiger partial charge in [-0.05, 0) is 0 Å². The van der Waals surface area contributed by atoms with Crippen LogP contribution in [0.2, 0.25) is 13.1 Å². The van der Waals surface area contributed by atoms with E-state index in [1.807, 2.05) is 24.3 Å². The molecule has 0 bridgehead atoms. The summed E-state index contributed by atoms with van der Waals surface area (Å²) in [5.41, 5.74) is 0. The Balaban J connectivity index is -0.0000000719. The van der Waals surface area contributed by atoms with E-state index in [9.17, 15) is 0 Å². The molecule has 0 aromatic heterocycles. The maximum Gasteiger partial charge on any atom is 4.00 e. The van der Waals surface area contributed by atoms with Crippen molar-refractivity contribution in [2.24, 2.45) is 0 Å². The first-order valence-electron chi connectivity index (χ1n) is 5.41. The van der Waals surface area contributed by atoms with Gasteiger partial charge in [0.1, 0.15) is 0 Å². The van der Waals surface area contributed by atoms with Gasteiger partial charge < -0.3 is 10.2 Å². The van der Waals surface area contributed by atoms with Crippen LogP contribution in [0.1, 0.15) is 12.8 Å². The molecular weight excluding hydrogens is 319 g/mol. The van der Waals surface area contributed by atoms with Gasteiger partial charge in [0, 0.05) is 9.52 Å². The van der Waals surface area contributed by atoms with Crippen molar-refractivity contribution in [3.05, 3.63) is 48.6 Å². The van der Waals surface area contributed by atoms with Gasteiger partial charge in [-0.2, -0.15) is 26.4 Å². The molecule has 1 radical (unpaired) electrons. The molecule has 0 aromatic rings. The molecule has 99 valence electrons. The molecule has 0 aromatic carbocycles. The molecule has 0 amide bonds. The van der Waals surface area contributed by atoms with E-state index in [1.54, 1.807) is 0 Å². The third-order valence-electron chi connectivity index (χ3n) is 1.17. The summed E-state index contributed by atoms with van der Waals surface area (Å²) in [5, 5.41) is 16.5. The predicted octanol–water partition coefficient (Wildman–Crippen LogP) is 1.08. The third kappa shape index (κ3) is 36.0. The second-order valence-corrected chi connectivity index (χ2v) is 3.74. The largest absolute Gasteiger partial charge is 4.00 e. The van der Waals surface area contributed by atoms with Crippen LogP contribution in [0.25, 0.3) is 0 Å². The van der Waals surface area contributed by atoms with Gasteiger partial charge in [-0.3, -0.25) is 12.2 Å². The zero-order valence-corrected chi connectivity index (χ0v) is 15.4. The van der Waals surface area contributed by atoms with Crippen LogP contribution < -0.4 is 10.2 Å². The Morgan fingerprint density at radius 1 is 0.833 bits per heavy atom. The third-order valence-corrected chi connectivity index (χ3v) is 1.17. The van der Waals surface area contributed by atoms with Crippen LogP contribution in [0.3, 0.4) is 0 Å². The van der Waals surface area contributed by atoms with Crippen molar-refractivity contribution < 1.29 is 36.4 Å². The molecule has 0 aliphatic heterocycles. The van der Waals surface area contributed by atoms with Crippen LogP contribution >= 0.6 is 0 Å². The second-order valence-electron chi connectivity index (χ2n) is 2.58. The van der Waals surface area contributed by atoms with Crippen molar-refractivity contribution in [3.63, 3.8) is 0 Å². The van der Waals surface area contributed by atoms with E-state index < -0.39 is 0 Å². The van der Waals surface area contributed by atoms with Crippen LogP contribution in [-0.2, 0) is 26.2 Å². The molecule has 0 saturated heterocycles. The molecule has 0 fully saturated rings. The second kappa shape index (κ2) is 36.0. The Bertz CT molecular complexity index is 170. The van der Waals surface area contributed by atoms with E-state index in [1.165, 1.54) is 0 Å². The molecule has 4 heteroatoms. The quantitative estimate of drug-likeness (QED) is 0.488. The summed E-state index contributed by atoms with van der Waals surface area (Å²) in [6, 6.07) is 0. The van der Waals surface area contributed by atoms with Gasteiger partial charge in [-0.1, -0.05) is 13.1 Å². The number of hydrogen-bond acceptors (Lipinski definition) is 2. The summed E-state index contributed by atoms with van der Waals surface area (Å²) in [4.78, 5) is 0. The van der Waals surface area contributed by atoms with Crippen LogP contribution in [0.15, 0.2) is 36.5 Å². The average Bonchev–Trinajstić information content (AvgIpc) is 3.13. The smallest absolute Gasteiger partial charge is 0.857 e.